The summed E-state index contributed by atoms with van der Waals surface area (Å²) in [4.78, 5) is 32.2. The van der Waals surface area contributed by atoms with E-state index >= 15 is 0 Å². The first-order valence-corrected chi connectivity index (χ1v) is 10.3. The highest BCUT2D eigenvalue weighted by Crippen LogP contribution is 2.24. The van der Waals surface area contributed by atoms with E-state index in [0.717, 1.165) is 10.6 Å². The maximum atomic E-state index is 12.5. The first-order chi connectivity index (χ1) is 14.5. The van der Waals surface area contributed by atoms with E-state index in [9.17, 15) is 9.59 Å². The number of amides is 2. The molecule has 4 aromatic rings. The van der Waals surface area contributed by atoms with Crippen LogP contribution in [0.2, 0.25) is 0 Å². The standard InChI is InChI=1S/C21H20N6O2S/c1-3-15-13(2)22-20(25-19(15)28)27-17(23-21(29)24-18-10-7-11-30-18)12-16(26-27)14-8-5-4-6-9-14/h4-12H,3H2,1-2H3,(H,22,25,28)(H2,23,24,29). The highest BCUT2D eigenvalue weighted by Gasteiger charge is 2.17. The van der Waals surface area contributed by atoms with Crippen molar-refractivity contribution in [2.75, 3.05) is 10.6 Å². The molecule has 0 aliphatic heterocycles. The Bertz CT molecular complexity index is 1230. The van der Waals surface area contributed by atoms with Crippen molar-refractivity contribution in [2.24, 2.45) is 0 Å². The number of carbonyl (C=O) groups is 1. The Hall–Kier alpha value is -3.72. The molecule has 0 saturated carbocycles. The van der Waals surface area contributed by atoms with E-state index in [4.69, 9.17) is 0 Å². The molecule has 0 radical (unpaired) electrons. The zero-order chi connectivity index (χ0) is 21.1. The summed E-state index contributed by atoms with van der Waals surface area (Å²) < 4.78 is 1.43. The van der Waals surface area contributed by atoms with Gasteiger partial charge in [0.2, 0.25) is 5.95 Å². The van der Waals surface area contributed by atoms with E-state index in [2.05, 4.69) is 25.7 Å². The molecule has 0 aliphatic carbocycles. The van der Waals surface area contributed by atoms with Crippen LogP contribution in [-0.2, 0) is 6.42 Å². The molecule has 0 unspecified atom stereocenters. The highest BCUT2D eigenvalue weighted by molar-refractivity contribution is 7.14. The molecule has 8 nitrogen and oxygen atoms in total. The number of aromatic nitrogens is 4. The molecule has 30 heavy (non-hydrogen) atoms. The lowest BCUT2D eigenvalue weighted by molar-refractivity contribution is 0.262. The van der Waals surface area contributed by atoms with Crippen molar-refractivity contribution in [3.63, 3.8) is 0 Å². The van der Waals surface area contributed by atoms with Crippen LogP contribution < -0.4 is 16.2 Å². The van der Waals surface area contributed by atoms with Crippen LogP contribution >= 0.6 is 11.3 Å². The van der Waals surface area contributed by atoms with Crippen molar-refractivity contribution in [1.82, 2.24) is 19.7 Å². The molecule has 3 aromatic heterocycles. The Labute approximate surface area is 176 Å². The van der Waals surface area contributed by atoms with Gasteiger partial charge in [-0.05, 0) is 30.9 Å². The second-order valence-corrected chi connectivity index (χ2v) is 7.50. The van der Waals surface area contributed by atoms with Gasteiger partial charge in [0, 0.05) is 22.9 Å². The van der Waals surface area contributed by atoms with E-state index in [1.807, 2.05) is 54.8 Å². The molecule has 0 fully saturated rings. The Morgan fingerprint density at radius 2 is 1.97 bits per heavy atom. The third-order valence-corrected chi connectivity index (χ3v) is 5.33. The second kappa shape index (κ2) is 8.34. The van der Waals surface area contributed by atoms with Crippen LogP contribution in [0.5, 0.6) is 0 Å². The van der Waals surface area contributed by atoms with E-state index in [1.165, 1.54) is 16.0 Å². The lowest BCUT2D eigenvalue weighted by atomic mass is 10.2. The monoisotopic (exact) mass is 420 g/mol. The summed E-state index contributed by atoms with van der Waals surface area (Å²) in [5.41, 5.74) is 2.55. The summed E-state index contributed by atoms with van der Waals surface area (Å²) in [6, 6.07) is 14.6. The summed E-state index contributed by atoms with van der Waals surface area (Å²) in [5, 5.41) is 12.8. The van der Waals surface area contributed by atoms with Gasteiger partial charge in [-0.15, -0.1) is 11.3 Å². The number of aromatic amines is 1. The van der Waals surface area contributed by atoms with Crippen LogP contribution in [0, 0.1) is 6.92 Å². The minimum absolute atomic E-state index is 0.217. The van der Waals surface area contributed by atoms with Crippen LogP contribution in [0.1, 0.15) is 18.2 Å². The number of hydrogen-bond acceptors (Lipinski definition) is 5. The predicted octanol–water partition coefficient (Wildman–Crippen LogP) is 4.20. The maximum absolute atomic E-state index is 12.5. The number of anilines is 2. The number of nitrogens with zero attached hydrogens (tertiary/aromatic N) is 3. The lowest BCUT2D eigenvalue weighted by Gasteiger charge is -2.10. The van der Waals surface area contributed by atoms with Crippen molar-refractivity contribution in [3.8, 4) is 17.2 Å². The summed E-state index contributed by atoms with van der Waals surface area (Å²) in [6.07, 6.45) is 0.581. The number of aryl methyl sites for hydroxylation is 1. The number of nitrogens with one attached hydrogen (secondary N) is 3. The molecule has 1 aromatic carbocycles. The molecular weight excluding hydrogens is 400 g/mol. The summed E-state index contributed by atoms with van der Waals surface area (Å²) in [5.74, 6) is 0.623. The van der Waals surface area contributed by atoms with Gasteiger partial charge in [0.15, 0.2) is 0 Å². The Balaban J connectivity index is 1.75. The topological polar surface area (TPSA) is 105 Å². The predicted molar refractivity (Wildman–Crippen MR) is 118 cm³/mol. The second-order valence-electron chi connectivity index (χ2n) is 6.56. The number of urea groups is 1. The number of hydrogen-bond donors (Lipinski definition) is 3. The molecule has 3 heterocycles. The fourth-order valence-corrected chi connectivity index (χ4v) is 3.72. The normalized spacial score (nSPS) is 10.7. The van der Waals surface area contributed by atoms with Gasteiger partial charge in [0.1, 0.15) is 5.82 Å². The summed E-state index contributed by atoms with van der Waals surface area (Å²) in [7, 11) is 0. The molecule has 0 atom stereocenters. The minimum Gasteiger partial charge on any atom is -0.299 e. The Morgan fingerprint density at radius 1 is 1.17 bits per heavy atom. The van der Waals surface area contributed by atoms with Crippen LogP contribution in [0.4, 0.5) is 15.6 Å². The Morgan fingerprint density at radius 3 is 2.63 bits per heavy atom. The van der Waals surface area contributed by atoms with E-state index < -0.39 is 6.03 Å². The number of thiophene rings is 1. The van der Waals surface area contributed by atoms with Gasteiger partial charge in [-0.1, -0.05) is 37.3 Å². The average molecular weight is 420 g/mol. The molecule has 0 spiro atoms. The molecule has 0 saturated heterocycles. The van der Waals surface area contributed by atoms with Gasteiger partial charge in [-0.2, -0.15) is 9.78 Å². The van der Waals surface area contributed by atoms with Gasteiger partial charge in [-0.3, -0.25) is 20.4 Å². The van der Waals surface area contributed by atoms with Crippen LogP contribution in [0.25, 0.3) is 17.2 Å². The first-order valence-electron chi connectivity index (χ1n) is 9.42. The van der Waals surface area contributed by atoms with E-state index in [0.29, 0.717) is 29.2 Å². The zero-order valence-electron chi connectivity index (χ0n) is 16.5. The number of rotatable bonds is 5. The molecule has 0 aliphatic rings. The van der Waals surface area contributed by atoms with Gasteiger partial charge in [0.25, 0.3) is 5.56 Å². The minimum atomic E-state index is -0.414. The van der Waals surface area contributed by atoms with Crippen molar-refractivity contribution in [1.29, 1.82) is 0 Å². The third-order valence-electron chi connectivity index (χ3n) is 4.54. The summed E-state index contributed by atoms with van der Waals surface area (Å²) >= 11 is 1.42. The van der Waals surface area contributed by atoms with Gasteiger partial charge < -0.3 is 0 Å². The molecular formula is C21H20N6O2S. The number of benzene rings is 1. The van der Waals surface area contributed by atoms with Crippen molar-refractivity contribution < 1.29 is 4.79 Å². The molecule has 9 heteroatoms. The van der Waals surface area contributed by atoms with Crippen LogP contribution in [0.15, 0.2) is 58.7 Å². The summed E-state index contributed by atoms with van der Waals surface area (Å²) in [6.45, 7) is 3.69. The average Bonchev–Trinajstić information content (AvgIpc) is 3.38. The molecule has 4 rings (SSSR count). The lowest BCUT2D eigenvalue weighted by Crippen LogP contribution is -2.23. The molecule has 0 bridgehead atoms. The van der Waals surface area contributed by atoms with Gasteiger partial charge >= 0.3 is 6.03 Å². The quantitative estimate of drug-likeness (QED) is 0.450. The number of H-pyrrole nitrogens is 1. The van der Waals surface area contributed by atoms with E-state index in [-0.39, 0.29) is 11.5 Å². The van der Waals surface area contributed by atoms with Crippen LogP contribution in [0.3, 0.4) is 0 Å². The van der Waals surface area contributed by atoms with Crippen molar-refractivity contribution >= 4 is 28.2 Å². The Kier molecular flexibility index (Phi) is 5.44. The van der Waals surface area contributed by atoms with Gasteiger partial charge in [-0.25, -0.2) is 9.78 Å². The third kappa shape index (κ3) is 4.01. The van der Waals surface area contributed by atoms with E-state index in [1.54, 1.807) is 13.0 Å². The zero-order valence-corrected chi connectivity index (χ0v) is 17.3. The molecule has 2 amide bonds. The maximum Gasteiger partial charge on any atom is 0.325 e. The smallest absolute Gasteiger partial charge is 0.299 e. The van der Waals surface area contributed by atoms with Crippen molar-refractivity contribution in [3.05, 3.63) is 75.5 Å². The molecule has 3 N–H and O–H groups in total. The molecule has 152 valence electrons. The fourth-order valence-electron chi connectivity index (χ4n) is 3.10. The highest BCUT2D eigenvalue weighted by atomic mass is 32.1. The SMILES string of the molecule is CCc1c(C)nc(-n2nc(-c3ccccc3)cc2NC(=O)Nc2cccs2)[nH]c1=O. The van der Waals surface area contributed by atoms with Gasteiger partial charge in [0.05, 0.1) is 10.7 Å². The fraction of sp³-hybridized carbons (Fsp3) is 0.143. The van der Waals surface area contributed by atoms with Crippen LogP contribution in [-0.4, -0.2) is 25.8 Å². The first kappa shape index (κ1) is 19.6. The van der Waals surface area contributed by atoms with Crippen molar-refractivity contribution in [2.45, 2.75) is 20.3 Å². The number of carbonyl (C=O) groups excluding carboxylic acids is 1. The largest absolute Gasteiger partial charge is 0.325 e.